The lowest BCUT2D eigenvalue weighted by atomic mass is 9.83. The van der Waals surface area contributed by atoms with Crippen LogP contribution in [0, 0.1) is 0 Å². The number of aromatic nitrogens is 1. The number of carbonyl (C=O) groups excluding carboxylic acids is 1. The number of nitrogens with one attached hydrogen (secondary N) is 2. The Morgan fingerprint density at radius 2 is 2.00 bits per heavy atom. The topological polar surface area (TPSA) is 101 Å². The van der Waals surface area contributed by atoms with E-state index in [1.165, 1.54) is 5.56 Å². The maximum Gasteiger partial charge on any atom is 0.326 e. The summed E-state index contributed by atoms with van der Waals surface area (Å²) in [6.07, 6.45) is 5.10. The standard InChI is InChI=1S/C26H34ClN3O4/c1-26(2,20-10-3-4-11-21(20)27)25(33)30-22(24(31)32)14-17-34-16-6-5-9-19-13-12-18-8-7-15-28-23(18)29-19/h3-4,10-13,22H,5-9,14-17H2,1-2H3,(H,28,29)(H,30,33)(H,31,32)/t22-/m0/s1. The molecule has 8 heteroatoms. The summed E-state index contributed by atoms with van der Waals surface area (Å²) in [7, 11) is 0. The van der Waals surface area contributed by atoms with Gasteiger partial charge in [0, 0.05) is 36.9 Å². The molecule has 0 saturated carbocycles. The minimum absolute atomic E-state index is 0.192. The van der Waals surface area contributed by atoms with Crippen molar-refractivity contribution in [3.05, 3.63) is 58.2 Å². The fraction of sp³-hybridized carbons (Fsp3) is 0.500. The number of carboxylic acid groups (broad SMARTS) is 1. The molecule has 1 aromatic heterocycles. The van der Waals surface area contributed by atoms with E-state index in [0.717, 1.165) is 50.2 Å². The van der Waals surface area contributed by atoms with Gasteiger partial charge in [0.15, 0.2) is 0 Å². The second-order valence-corrected chi connectivity index (χ2v) is 9.58. The van der Waals surface area contributed by atoms with Gasteiger partial charge in [-0.25, -0.2) is 9.78 Å². The van der Waals surface area contributed by atoms with Gasteiger partial charge in [0.05, 0.1) is 5.41 Å². The predicted molar refractivity (Wildman–Crippen MR) is 133 cm³/mol. The van der Waals surface area contributed by atoms with Crippen molar-refractivity contribution in [2.75, 3.05) is 25.1 Å². The van der Waals surface area contributed by atoms with Gasteiger partial charge < -0.3 is 20.5 Å². The first-order chi connectivity index (χ1) is 16.3. The molecular formula is C26H34ClN3O4. The monoisotopic (exact) mass is 487 g/mol. The van der Waals surface area contributed by atoms with E-state index in [1.54, 1.807) is 38.1 Å². The van der Waals surface area contributed by atoms with Crippen molar-refractivity contribution in [1.29, 1.82) is 0 Å². The first-order valence-electron chi connectivity index (χ1n) is 11.9. The zero-order valence-corrected chi connectivity index (χ0v) is 20.7. The number of halogens is 1. The summed E-state index contributed by atoms with van der Waals surface area (Å²) in [5.74, 6) is -0.460. The minimum atomic E-state index is -1.08. The summed E-state index contributed by atoms with van der Waals surface area (Å²) in [5.41, 5.74) is 2.04. The Balaban J connectivity index is 1.38. The average Bonchev–Trinajstić information content (AvgIpc) is 2.82. The molecular weight excluding hydrogens is 454 g/mol. The minimum Gasteiger partial charge on any atom is -0.480 e. The van der Waals surface area contributed by atoms with Gasteiger partial charge in [-0.05, 0) is 69.2 Å². The van der Waals surface area contributed by atoms with E-state index in [9.17, 15) is 14.7 Å². The van der Waals surface area contributed by atoms with Crippen LogP contribution < -0.4 is 10.6 Å². The van der Waals surface area contributed by atoms with E-state index >= 15 is 0 Å². The van der Waals surface area contributed by atoms with E-state index < -0.39 is 17.4 Å². The molecule has 1 aliphatic rings. The van der Waals surface area contributed by atoms with Crippen LogP contribution in [0.15, 0.2) is 36.4 Å². The number of aryl methyl sites for hydroxylation is 2. The number of pyridine rings is 1. The molecule has 1 aromatic carbocycles. The van der Waals surface area contributed by atoms with Crippen LogP contribution in [0.25, 0.3) is 0 Å². The Bertz CT molecular complexity index is 996. The van der Waals surface area contributed by atoms with Gasteiger partial charge in [-0.3, -0.25) is 4.79 Å². The molecule has 7 nitrogen and oxygen atoms in total. The molecule has 0 saturated heterocycles. The zero-order chi connectivity index (χ0) is 24.6. The molecule has 184 valence electrons. The molecule has 0 spiro atoms. The lowest BCUT2D eigenvalue weighted by Gasteiger charge is -2.27. The molecule has 3 rings (SSSR count). The number of aliphatic carboxylic acids is 1. The smallest absolute Gasteiger partial charge is 0.326 e. The van der Waals surface area contributed by atoms with Gasteiger partial charge >= 0.3 is 5.97 Å². The fourth-order valence-corrected chi connectivity index (χ4v) is 4.38. The SMILES string of the molecule is CC(C)(C(=O)N[C@@H](CCOCCCCc1ccc2c(n1)NCCC2)C(=O)O)c1ccccc1Cl. The van der Waals surface area contributed by atoms with E-state index in [2.05, 4.69) is 22.8 Å². The molecule has 0 unspecified atom stereocenters. The Morgan fingerprint density at radius 1 is 1.21 bits per heavy atom. The van der Waals surface area contributed by atoms with Crippen LogP contribution in [0.3, 0.4) is 0 Å². The quantitative estimate of drug-likeness (QED) is 0.384. The third-order valence-electron chi connectivity index (χ3n) is 6.19. The van der Waals surface area contributed by atoms with Crippen molar-refractivity contribution >= 4 is 29.3 Å². The van der Waals surface area contributed by atoms with Gasteiger partial charge in [0.1, 0.15) is 11.9 Å². The van der Waals surface area contributed by atoms with E-state index in [1.807, 2.05) is 0 Å². The summed E-state index contributed by atoms with van der Waals surface area (Å²) >= 11 is 6.24. The fourth-order valence-electron chi connectivity index (χ4n) is 4.01. The molecule has 0 aliphatic carbocycles. The third kappa shape index (κ3) is 6.93. The van der Waals surface area contributed by atoms with Crippen LogP contribution in [0.2, 0.25) is 5.02 Å². The van der Waals surface area contributed by atoms with E-state index in [0.29, 0.717) is 17.2 Å². The molecule has 1 aliphatic heterocycles. The Morgan fingerprint density at radius 3 is 2.76 bits per heavy atom. The number of hydrogen-bond donors (Lipinski definition) is 3. The second kappa shape index (κ2) is 12.2. The Hall–Kier alpha value is -2.64. The molecule has 0 radical (unpaired) electrons. The van der Waals surface area contributed by atoms with Gasteiger partial charge in [0.25, 0.3) is 0 Å². The summed E-state index contributed by atoms with van der Waals surface area (Å²) in [5, 5.41) is 16.0. The van der Waals surface area contributed by atoms with Crippen LogP contribution in [-0.2, 0) is 32.6 Å². The number of ether oxygens (including phenoxy) is 1. The van der Waals surface area contributed by atoms with E-state index in [-0.39, 0.29) is 18.9 Å². The molecule has 1 atom stereocenters. The lowest BCUT2D eigenvalue weighted by Crippen LogP contribution is -2.48. The number of amides is 1. The van der Waals surface area contributed by atoms with Gasteiger partial charge in [-0.2, -0.15) is 0 Å². The number of rotatable bonds is 12. The summed E-state index contributed by atoms with van der Waals surface area (Å²) < 4.78 is 5.65. The highest BCUT2D eigenvalue weighted by atomic mass is 35.5. The van der Waals surface area contributed by atoms with Crippen LogP contribution >= 0.6 is 11.6 Å². The number of unbranched alkanes of at least 4 members (excludes halogenated alkanes) is 1. The normalized spacial score (nSPS) is 14.1. The van der Waals surface area contributed by atoms with Crippen molar-refractivity contribution in [2.24, 2.45) is 0 Å². The van der Waals surface area contributed by atoms with Crippen LogP contribution in [0.4, 0.5) is 5.82 Å². The Labute approximate surface area is 206 Å². The third-order valence-corrected chi connectivity index (χ3v) is 6.52. The Kier molecular flexibility index (Phi) is 9.30. The number of hydrogen-bond acceptors (Lipinski definition) is 5. The second-order valence-electron chi connectivity index (χ2n) is 9.17. The maximum atomic E-state index is 12.8. The van der Waals surface area contributed by atoms with Crippen molar-refractivity contribution in [3.8, 4) is 0 Å². The van der Waals surface area contributed by atoms with Crippen molar-refractivity contribution in [2.45, 2.75) is 63.8 Å². The highest BCUT2D eigenvalue weighted by molar-refractivity contribution is 6.31. The van der Waals surface area contributed by atoms with Crippen molar-refractivity contribution in [1.82, 2.24) is 10.3 Å². The first-order valence-corrected chi connectivity index (χ1v) is 12.3. The number of carbonyl (C=O) groups is 2. The van der Waals surface area contributed by atoms with Crippen molar-refractivity contribution in [3.63, 3.8) is 0 Å². The predicted octanol–water partition coefficient (Wildman–Crippen LogP) is 4.37. The van der Waals surface area contributed by atoms with Crippen LogP contribution in [0.5, 0.6) is 0 Å². The number of fused-ring (bicyclic) bond motifs is 1. The molecule has 0 bridgehead atoms. The van der Waals surface area contributed by atoms with Crippen LogP contribution in [0.1, 0.15) is 56.4 Å². The first kappa shape index (κ1) is 26.0. The van der Waals surface area contributed by atoms with E-state index in [4.69, 9.17) is 21.3 Å². The van der Waals surface area contributed by atoms with Crippen LogP contribution in [-0.4, -0.2) is 47.8 Å². The molecule has 1 amide bonds. The van der Waals surface area contributed by atoms with Gasteiger partial charge in [-0.1, -0.05) is 35.9 Å². The van der Waals surface area contributed by atoms with Gasteiger partial charge in [0.2, 0.25) is 5.91 Å². The highest BCUT2D eigenvalue weighted by Gasteiger charge is 2.34. The highest BCUT2D eigenvalue weighted by Crippen LogP contribution is 2.30. The largest absolute Gasteiger partial charge is 0.480 e. The van der Waals surface area contributed by atoms with Gasteiger partial charge in [-0.15, -0.1) is 0 Å². The number of carboxylic acids is 1. The lowest BCUT2D eigenvalue weighted by molar-refractivity contribution is -0.143. The number of benzene rings is 1. The van der Waals surface area contributed by atoms with Crippen molar-refractivity contribution < 1.29 is 19.4 Å². The molecule has 2 aromatic rings. The summed E-state index contributed by atoms with van der Waals surface area (Å²) in [4.78, 5) is 29.2. The zero-order valence-electron chi connectivity index (χ0n) is 19.9. The number of anilines is 1. The molecule has 3 N–H and O–H groups in total. The molecule has 2 heterocycles. The average molecular weight is 488 g/mol. The summed E-state index contributed by atoms with van der Waals surface area (Å²) in [6.45, 7) is 5.23. The maximum absolute atomic E-state index is 12.8. The summed E-state index contributed by atoms with van der Waals surface area (Å²) in [6, 6.07) is 10.3. The molecule has 34 heavy (non-hydrogen) atoms. The molecule has 0 fully saturated rings. The number of nitrogens with zero attached hydrogens (tertiary/aromatic N) is 1.